The molecule has 1 N–H and O–H groups in total. The molecule has 1 aliphatic heterocycles. The van der Waals surface area contributed by atoms with E-state index in [0.717, 1.165) is 53.7 Å². The van der Waals surface area contributed by atoms with Crippen LogP contribution in [0.25, 0.3) is 32.8 Å². The summed E-state index contributed by atoms with van der Waals surface area (Å²) in [5.41, 5.74) is 6.91. The predicted octanol–water partition coefficient (Wildman–Crippen LogP) is 11.8. The van der Waals surface area contributed by atoms with Gasteiger partial charge in [-0.15, -0.1) is 17.5 Å². The second kappa shape index (κ2) is 15.4. The van der Waals surface area contributed by atoms with Gasteiger partial charge in [0, 0.05) is 61.3 Å². The molecule has 0 unspecified atom stereocenters. The summed E-state index contributed by atoms with van der Waals surface area (Å²) in [5, 5.41) is 14.5. The quantitative estimate of drug-likeness (QED) is 0.0946. The largest absolute Gasteiger partial charge is 0.512 e. The standard InChI is InChI=1S/C29H23N2.C13H24O2.Ir/c1-29(2,3)22-15-21-13-14-30-28-24-16-19-9-7-8-10-20(19)17-25(24)31(26(18-22)27(21)28)23-11-5-4-6-12-23;1-5-10(6-2)12(14)9-13(15)11(7-3)8-4;/h4-15,17-18H,1-3H3;9-11,14H,5-8H2,1-4H3;/q-1;;/b;12-9-;. The first-order valence-corrected chi connectivity index (χ1v) is 16.8. The summed E-state index contributed by atoms with van der Waals surface area (Å²) in [6, 6.07) is 31.8. The number of aliphatic hydroxyl groups excluding tert-OH is 1. The molecule has 247 valence electrons. The van der Waals surface area contributed by atoms with E-state index in [9.17, 15) is 9.90 Å². The van der Waals surface area contributed by atoms with Crippen LogP contribution in [0.4, 0.5) is 17.1 Å². The van der Waals surface area contributed by atoms with Crippen LogP contribution in [0.15, 0.2) is 96.9 Å². The zero-order chi connectivity index (χ0) is 33.0. The van der Waals surface area contributed by atoms with Gasteiger partial charge < -0.3 is 10.0 Å². The number of allylic oxidation sites excluding steroid dienone is 2. The number of carbonyl (C=O) groups is 1. The van der Waals surface area contributed by atoms with Gasteiger partial charge in [0.05, 0.1) is 5.76 Å². The molecular formula is C42H47IrN2O2-. The van der Waals surface area contributed by atoms with Gasteiger partial charge in [-0.2, -0.15) is 0 Å². The first kappa shape index (κ1) is 36.1. The minimum absolute atomic E-state index is 0. The van der Waals surface area contributed by atoms with Crippen molar-refractivity contribution >= 4 is 44.4 Å². The third-order valence-electron chi connectivity index (χ3n) is 9.29. The number of anilines is 3. The van der Waals surface area contributed by atoms with Gasteiger partial charge >= 0.3 is 0 Å². The van der Waals surface area contributed by atoms with Crippen LogP contribution < -0.4 is 4.90 Å². The minimum Gasteiger partial charge on any atom is -0.512 e. The van der Waals surface area contributed by atoms with Crippen molar-refractivity contribution in [1.29, 1.82) is 0 Å². The predicted molar refractivity (Wildman–Crippen MR) is 194 cm³/mol. The molecule has 2 heterocycles. The Morgan fingerprint density at radius 2 is 1.47 bits per heavy atom. The molecule has 4 aromatic carbocycles. The van der Waals surface area contributed by atoms with Crippen molar-refractivity contribution in [3.8, 4) is 11.3 Å². The maximum absolute atomic E-state index is 11.7. The van der Waals surface area contributed by atoms with Crippen LogP contribution >= 0.6 is 0 Å². The molecule has 1 radical (unpaired) electrons. The number of para-hydroxylation sites is 1. The fraction of sp³-hybridized carbons (Fsp3) is 0.333. The van der Waals surface area contributed by atoms with Crippen molar-refractivity contribution in [2.45, 2.75) is 79.6 Å². The fourth-order valence-electron chi connectivity index (χ4n) is 6.37. The molecule has 0 bridgehead atoms. The van der Waals surface area contributed by atoms with Gasteiger partial charge in [-0.25, -0.2) is 0 Å². The maximum Gasteiger partial charge on any atom is 0.162 e. The molecule has 5 aromatic rings. The van der Waals surface area contributed by atoms with E-state index >= 15 is 0 Å². The molecule has 0 fully saturated rings. The molecule has 0 spiro atoms. The Kier molecular flexibility index (Phi) is 11.8. The molecule has 1 aromatic heterocycles. The summed E-state index contributed by atoms with van der Waals surface area (Å²) in [6.07, 6.45) is 6.84. The van der Waals surface area contributed by atoms with E-state index in [2.05, 4.69) is 111 Å². The van der Waals surface area contributed by atoms with Gasteiger partial charge in [-0.05, 0) is 77.4 Å². The topological polar surface area (TPSA) is 53.4 Å². The molecule has 47 heavy (non-hydrogen) atoms. The number of aromatic nitrogens is 1. The molecule has 6 rings (SSSR count). The van der Waals surface area contributed by atoms with E-state index in [0.29, 0.717) is 0 Å². The van der Waals surface area contributed by atoms with E-state index in [1.807, 2.05) is 33.9 Å². The van der Waals surface area contributed by atoms with E-state index < -0.39 is 0 Å². The zero-order valence-corrected chi connectivity index (χ0v) is 31.1. The Hall–Kier alpha value is -3.79. The molecule has 0 saturated carbocycles. The Morgan fingerprint density at radius 3 is 2.11 bits per heavy atom. The Labute approximate surface area is 294 Å². The van der Waals surface area contributed by atoms with Gasteiger partial charge in [0.2, 0.25) is 0 Å². The summed E-state index contributed by atoms with van der Waals surface area (Å²) >= 11 is 0. The van der Waals surface area contributed by atoms with Gasteiger partial charge in [0.25, 0.3) is 0 Å². The van der Waals surface area contributed by atoms with Crippen molar-refractivity contribution in [3.63, 3.8) is 0 Å². The first-order valence-electron chi connectivity index (χ1n) is 16.8. The summed E-state index contributed by atoms with van der Waals surface area (Å²) < 4.78 is 0. The second-order valence-electron chi connectivity index (χ2n) is 13.3. The van der Waals surface area contributed by atoms with Crippen LogP contribution in [0, 0.1) is 17.9 Å². The normalized spacial score (nSPS) is 12.5. The van der Waals surface area contributed by atoms with Crippen LogP contribution in [-0.2, 0) is 30.3 Å². The van der Waals surface area contributed by atoms with E-state index in [-0.39, 0.29) is 48.9 Å². The second-order valence-corrected chi connectivity index (χ2v) is 13.3. The van der Waals surface area contributed by atoms with Crippen molar-refractivity contribution in [2.24, 2.45) is 11.8 Å². The Morgan fingerprint density at radius 1 is 0.830 bits per heavy atom. The van der Waals surface area contributed by atoms with E-state index in [4.69, 9.17) is 4.98 Å². The van der Waals surface area contributed by atoms with E-state index in [1.54, 1.807) is 0 Å². The molecular weight excluding hydrogens is 757 g/mol. The monoisotopic (exact) mass is 804 g/mol. The Balaban J connectivity index is 0.000000269. The van der Waals surface area contributed by atoms with Crippen molar-refractivity contribution < 1.29 is 30.0 Å². The van der Waals surface area contributed by atoms with Gasteiger partial charge in [-0.1, -0.05) is 108 Å². The van der Waals surface area contributed by atoms with Gasteiger partial charge in [-0.3, -0.25) is 9.78 Å². The number of benzene rings is 4. The summed E-state index contributed by atoms with van der Waals surface area (Å²) in [4.78, 5) is 18.9. The number of aliphatic hydroxyl groups is 1. The molecule has 0 saturated heterocycles. The number of rotatable bonds is 8. The van der Waals surface area contributed by atoms with E-state index in [1.165, 1.54) is 33.5 Å². The molecule has 0 amide bonds. The number of pyridine rings is 1. The fourth-order valence-corrected chi connectivity index (χ4v) is 6.37. The summed E-state index contributed by atoms with van der Waals surface area (Å²) in [7, 11) is 0. The molecule has 0 aliphatic carbocycles. The van der Waals surface area contributed by atoms with Crippen molar-refractivity contribution in [2.75, 3.05) is 4.90 Å². The molecule has 0 atom stereocenters. The van der Waals surface area contributed by atoms with Crippen LogP contribution in [0.1, 0.15) is 79.7 Å². The minimum atomic E-state index is 0. The SMILES string of the molecule is CC(C)(C)c1cc2c3c(nccc3c1)-c1[c-]c3ccccc3cc1N2c1ccccc1.CCC(CC)C(=O)/C=C(\O)C(CC)CC.[Ir]. The van der Waals surface area contributed by atoms with Gasteiger partial charge in [0.1, 0.15) is 0 Å². The average Bonchev–Trinajstić information content (AvgIpc) is 3.05. The molecule has 5 heteroatoms. The van der Waals surface area contributed by atoms with Crippen LogP contribution in [0.2, 0.25) is 0 Å². The van der Waals surface area contributed by atoms with Crippen LogP contribution in [-0.4, -0.2) is 15.9 Å². The third kappa shape index (κ3) is 7.53. The van der Waals surface area contributed by atoms with Crippen LogP contribution in [0.3, 0.4) is 0 Å². The summed E-state index contributed by atoms with van der Waals surface area (Å²) in [5.74, 6) is 0.547. The number of hydrogen-bond acceptors (Lipinski definition) is 4. The Bertz CT molecular complexity index is 1870. The van der Waals surface area contributed by atoms with Crippen molar-refractivity contribution in [1.82, 2.24) is 4.98 Å². The number of ketones is 1. The molecule has 1 aliphatic rings. The number of nitrogens with zero attached hydrogens (tertiary/aromatic N) is 2. The number of carbonyl (C=O) groups excluding carboxylic acids is 1. The maximum atomic E-state index is 11.7. The zero-order valence-electron chi connectivity index (χ0n) is 28.7. The molecule has 4 nitrogen and oxygen atoms in total. The average molecular weight is 804 g/mol. The van der Waals surface area contributed by atoms with Crippen molar-refractivity contribution in [3.05, 3.63) is 109 Å². The first-order chi connectivity index (χ1) is 22.1. The van der Waals surface area contributed by atoms with Crippen LogP contribution in [0.5, 0.6) is 0 Å². The smallest absolute Gasteiger partial charge is 0.162 e. The van der Waals surface area contributed by atoms with Gasteiger partial charge in [0.15, 0.2) is 5.78 Å². The summed E-state index contributed by atoms with van der Waals surface area (Å²) in [6.45, 7) is 14.9. The third-order valence-corrected chi connectivity index (χ3v) is 9.29. The number of hydrogen-bond donors (Lipinski definition) is 1. The number of fused-ring (bicyclic) bond motifs is 3.